The molecule has 0 saturated carbocycles. The number of nitrogens with zero attached hydrogens (tertiary/aromatic N) is 2. The van der Waals surface area contributed by atoms with Gasteiger partial charge in [0.05, 0.1) is 31.9 Å². The highest BCUT2D eigenvalue weighted by molar-refractivity contribution is 5.88. The average molecular weight is 366 g/mol. The second-order valence-corrected chi connectivity index (χ2v) is 5.63. The Hall–Kier alpha value is -3.61. The number of benzene rings is 2. The maximum atomic E-state index is 11.2. The minimum atomic E-state index is -0.429. The van der Waals surface area contributed by atoms with E-state index in [1.807, 2.05) is 12.1 Å². The Morgan fingerprint density at radius 3 is 2.26 bits per heavy atom. The number of aromatic nitrogens is 1. The van der Waals surface area contributed by atoms with Crippen LogP contribution in [0.4, 0.5) is 5.69 Å². The molecule has 0 saturated heterocycles. The molecular formula is C20H18N2O5. The summed E-state index contributed by atoms with van der Waals surface area (Å²) in [7, 11) is 4.64. The maximum Gasteiger partial charge on any atom is 0.295 e. The zero-order chi connectivity index (χ0) is 19.4. The highest BCUT2D eigenvalue weighted by Crippen LogP contribution is 2.38. The van der Waals surface area contributed by atoms with Gasteiger partial charge in [0.2, 0.25) is 5.75 Å². The highest BCUT2D eigenvalue weighted by Gasteiger charge is 2.13. The summed E-state index contributed by atoms with van der Waals surface area (Å²) in [4.78, 5) is 15.2. The van der Waals surface area contributed by atoms with Crippen molar-refractivity contribution in [1.82, 2.24) is 4.98 Å². The lowest BCUT2D eigenvalue weighted by molar-refractivity contribution is -0.383. The minimum absolute atomic E-state index is 0.0180. The summed E-state index contributed by atoms with van der Waals surface area (Å²) in [6.45, 7) is 0. The fourth-order valence-electron chi connectivity index (χ4n) is 2.77. The van der Waals surface area contributed by atoms with E-state index < -0.39 is 4.92 Å². The summed E-state index contributed by atoms with van der Waals surface area (Å²) < 4.78 is 16.0. The molecule has 0 amide bonds. The molecule has 2 aromatic carbocycles. The molecule has 27 heavy (non-hydrogen) atoms. The van der Waals surface area contributed by atoms with Crippen molar-refractivity contribution in [3.05, 3.63) is 63.8 Å². The molecule has 0 unspecified atom stereocenters. The molecule has 0 aliphatic carbocycles. The van der Waals surface area contributed by atoms with Gasteiger partial charge in [0.15, 0.2) is 11.5 Å². The summed E-state index contributed by atoms with van der Waals surface area (Å²) in [6.07, 6.45) is 3.60. The van der Waals surface area contributed by atoms with E-state index in [1.165, 1.54) is 6.07 Å². The van der Waals surface area contributed by atoms with E-state index >= 15 is 0 Å². The van der Waals surface area contributed by atoms with Gasteiger partial charge in [-0.25, -0.2) is 4.98 Å². The van der Waals surface area contributed by atoms with E-state index in [9.17, 15) is 10.1 Å². The van der Waals surface area contributed by atoms with Crippen LogP contribution in [0.5, 0.6) is 17.2 Å². The van der Waals surface area contributed by atoms with Gasteiger partial charge in [-0.3, -0.25) is 10.1 Å². The van der Waals surface area contributed by atoms with Crippen LogP contribution in [-0.2, 0) is 0 Å². The van der Waals surface area contributed by atoms with Crippen LogP contribution in [-0.4, -0.2) is 31.2 Å². The standard InChI is InChI=1S/C20H18N2O5/c1-25-17-11-13(12-18(26-2)20(17)27-3)7-9-15-10-8-14-5-4-6-16(22(23)24)19(14)21-15/h4-12H,1-3H3. The van der Waals surface area contributed by atoms with Crippen molar-refractivity contribution in [3.63, 3.8) is 0 Å². The summed E-state index contributed by atoms with van der Waals surface area (Å²) in [6, 6.07) is 12.1. The molecule has 0 fully saturated rings. The first-order valence-corrected chi connectivity index (χ1v) is 8.09. The molecule has 0 bridgehead atoms. The van der Waals surface area contributed by atoms with Gasteiger partial charge in [0, 0.05) is 11.5 Å². The van der Waals surface area contributed by atoms with Gasteiger partial charge in [0.25, 0.3) is 5.69 Å². The molecule has 0 radical (unpaired) electrons. The number of nitro benzene ring substituents is 1. The third-order valence-corrected chi connectivity index (χ3v) is 4.05. The van der Waals surface area contributed by atoms with E-state index in [0.29, 0.717) is 33.8 Å². The van der Waals surface area contributed by atoms with Crippen LogP contribution in [0, 0.1) is 10.1 Å². The number of hydrogen-bond acceptors (Lipinski definition) is 6. The topological polar surface area (TPSA) is 83.7 Å². The summed E-state index contributed by atoms with van der Waals surface area (Å²) in [5, 5.41) is 11.9. The van der Waals surface area contributed by atoms with Gasteiger partial charge in [-0.2, -0.15) is 0 Å². The third-order valence-electron chi connectivity index (χ3n) is 4.05. The fraction of sp³-hybridized carbons (Fsp3) is 0.150. The maximum absolute atomic E-state index is 11.2. The Balaban J connectivity index is 2.01. The van der Waals surface area contributed by atoms with Crippen LogP contribution in [0.15, 0.2) is 42.5 Å². The molecule has 1 aromatic heterocycles. The van der Waals surface area contributed by atoms with Crippen LogP contribution in [0.25, 0.3) is 23.1 Å². The number of nitro groups is 1. The largest absolute Gasteiger partial charge is 0.493 e. The van der Waals surface area contributed by atoms with Gasteiger partial charge in [-0.05, 0) is 29.8 Å². The lowest BCUT2D eigenvalue weighted by Gasteiger charge is -2.12. The Kier molecular flexibility index (Phi) is 5.21. The number of hydrogen-bond donors (Lipinski definition) is 0. The molecular weight excluding hydrogens is 348 g/mol. The Labute approximate surface area is 156 Å². The average Bonchev–Trinajstić information content (AvgIpc) is 2.70. The Bertz CT molecular complexity index is 1010. The molecule has 0 aliphatic rings. The monoisotopic (exact) mass is 366 g/mol. The zero-order valence-electron chi connectivity index (χ0n) is 15.1. The van der Waals surface area contributed by atoms with E-state index in [1.54, 1.807) is 57.7 Å². The molecule has 7 nitrogen and oxygen atoms in total. The summed E-state index contributed by atoms with van der Waals surface area (Å²) in [5.41, 5.74) is 1.75. The predicted octanol–water partition coefficient (Wildman–Crippen LogP) is 4.34. The second kappa shape index (κ2) is 7.74. The number of non-ortho nitro benzene ring substituents is 1. The minimum Gasteiger partial charge on any atom is -0.493 e. The normalized spacial score (nSPS) is 10.9. The van der Waals surface area contributed by atoms with Crippen molar-refractivity contribution in [2.24, 2.45) is 0 Å². The van der Waals surface area contributed by atoms with Crippen LogP contribution in [0.2, 0.25) is 0 Å². The van der Waals surface area contributed by atoms with Crippen LogP contribution in [0.1, 0.15) is 11.3 Å². The fourth-order valence-corrected chi connectivity index (χ4v) is 2.77. The number of para-hydroxylation sites is 1. The molecule has 138 valence electrons. The van der Waals surface area contributed by atoms with E-state index in [2.05, 4.69) is 4.98 Å². The van der Waals surface area contributed by atoms with Gasteiger partial charge < -0.3 is 14.2 Å². The van der Waals surface area contributed by atoms with Crippen molar-refractivity contribution in [2.75, 3.05) is 21.3 Å². The quantitative estimate of drug-likeness (QED) is 0.477. The Morgan fingerprint density at radius 1 is 0.963 bits per heavy atom. The summed E-state index contributed by atoms with van der Waals surface area (Å²) in [5.74, 6) is 1.59. The first kappa shape index (κ1) is 18.2. The number of ether oxygens (including phenoxy) is 3. The molecule has 0 aliphatic heterocycles. The van der Waals surface area contributed by atoms with Gasteiger partial charge in [-0.15, -0.1) is 0 Å². The SMILES string of the molecule is COc1cc(C=Cc2ccc3cccc([N+](=O)[O-])c3n2)cc(OC)c1OC. The van der Waals surface area contributed by atoms with Crippen LogP contribution in [0.3, 0.4) is 0 Å². The predicted molar refractivity (Wildman–Crippen MR) is 103 cm³/mol. The van der Waals surface area contributed by atoms with Crippen LogP contribution >= 0.6 is 0 Å². The second-order valence-electron chi connectivity index (χ2n) is 5.63. The molecule has 1 heterocycles. The molecule has 3 rings (SSSR count). The van der Waals surface area contributed by atoms with Crippen LogP contribution < -0.4 is 14.2 Å². The summed E-state index contributed by atoms with van der Waals surface area (Å²) >= 11 is 0. The molecule has 0 N–H and O–H groups in total. The van der Waals surface area contributed by atoms with Gasteiger partial charge >= 0.3 is 0 Å². The van der Waals surface area contributed by atoms with E-state index in [0.717, 1.165) is 5.56 Å². The molecule has 0 atom stereocenters. The smallest absolute Gasteiger partial charge is 0.295 e. The lowest BCUT2D eigenvalue weighted by atomic mass is 10.1. The number of methoxy groups -OCH3 is 3. The Morgan fingerprint density at radius 2 is 1.67 bits per heavy atom. The first-order valence-electron chi connectivity index (χ1n) is 8.09. The zero-order valence-corrected chi connectivity index (χ0v) is 15.1. The van der Waals surface area contributed by atoms with E-state index in [-0.39, 0.29) is 5.69 Å². The van der Waals surface area contributed by atoms with Gasteiger partial charge in [0.1, 0.15) is 5.52 Å². The first-order chi connectivity index (χ1) is 13.1. The molecule has 0 spiro atoms. The number of rotatable bonds is 6. The number of fused-ring (bicyclic) bond motifs is 1. The number of pyridine rings is 1. The highest BCUT2D eigenvalue weighted by atomic mass is 16.6. The van der Waals surface area contributed by atoms with Crippen molar-refractivity contribution < 1.29 is 19.1 Å². The van der Waals surface area contributed by atoms with Crippen molar-refractivity contribution in [1.29, 1.82) is 0 Å². The van der Waals surface area contributed by atoms with Gasteiger partial charge in [-0.1, -0.05) is 24.3 Å². The van der Waals surface area contributed by atoms with Crippen molar-refractivity contribution >= 4 is 28.7 Å². The third kappa shape index (κ3) is 3.67. The van der Waals surface area contributed by atoms with E-state index in [4.69, 9.17) is 14.2 Å². The van der Waals surface area contributed by atoms with Crippen molar-refractivity contribution in [3.8, 4) is 17.2 Å². The molecule has 7 heteroatoms. The van der Waals surface area contributed by atoms with Crippen molar-refractivity contribution in [2.45, 2.75) is 0 Å². The molecule has 3 aromatic rings. The lowest BCUT2D eigenvalue weighted by Crippen LogP contribution is -1.95.